The average molecular weight is 424 g/mol. The molecule has 0 aromatic heterocycles. The molecule has 1 N–H and O–H groups in total. The maximum atomic E-state index is 12.7. The number of hydrogen-bond donors (Lipinski definition) is 1. The van der Waals surface area contributed by atoms with Crippen LogP contribution in [0.5, 0.6) is 0 Å². The topological polar surface area (TPSA) is 64.1 Å². The number of nitrogens with zero attached hydrogens (tertiary/aromatic N) is 3. The zero-order valence-electron chi connectivity index (χ0n) is 17.4. The SMILES string of the molecule is CCN(CC(=O)O)C1CCN(Cc2cccc(C(=O)N3CCCCC3)c2)CC1.Cl. The second kappa shape index (κ2) is 11.5. The van der Waals surface area contributed by atoms with Gasteiger partial charge in [0, 0.05) is 31.2 Å². The first-order valence-corrected chi connectivity index (χ1v) is 10.6. The zero-order chi connectivity index (χ0) is 19.9. The van der Waals surface area contributed by atoms with Crippen molar-refractivity contribution in [2.45, 2.75) is 51.6 Å². The normalized spacial score (nSPS) is 18.5. The van der Waals surface area contributed by atoms with Gasteiger partial charge in [0.05, 0.1) is 6.54 Å². The lowest BCUT2D eigenvalue weighted by molar-refractivity contribution is -0.139. The zero-order valence-corrected chi connectivity index (χ0v) is 18.2. The molecular weight excluding hydrogens is 390 g/mol. The molecule has 3 rings (SSSR count). The quantitative estimate of drug-likeness (QED) is 0.730. The van der Waals surface area contributed by atoms with Crippen molar-refractivity contribution in [2.24, 2.45) is 0 Å². The third-order valence-electron chi connectivity index (χ3n) is 6.04. The van der Waals surface area contributed by atoms with Crippen molar-refractivity contribution >= 4 is 24.3 Å². The van der Waals surface area contributed by atoms with Gasteiger partial charge < -0.3 is 10.0 Å². The largest absolute Gasteiger partial charge is 0.480 e. The van der Waals surface area contributed by atoms with Crippen molar-refractivity contribution in [3.05, 3.63) is 35.4 Å². The summed E-state index contributed by atoms with van der Waals surface area (Å²) in [4.78, 5) is 30.2. The number of rotatable bonds is 7. The second-order valence-corrected chi connectivity index (χ2v) is 8.02. The molecule has 0 radical (unpaired) electrons. The van der Waals surface area contributed by atoms with Crippen LogP contribution < -0.4 is 0 Å². The second-order valence-electron chi connectivity index (χ2n) is 8.02. The molecule has 0 atom stereocenters. The molecule has 6 nitrogen and oxygen atoms in total. The fourth-order valence-electron chi connectivity index (χ4n) is 4.46. The van der Waals surface area contributed by atoms with E-state index in [9.17, 15) is 9.59 Å². The Hall–Kier alpha value is -1.63. The Morgan fingerprint density at radius 2 is 1.79 bits per heavy atom. The van der Waals surface area contributed by atoms with E-state index in [1.165, 1.54) is 12.0 Å². The molecule has 2 aliphatic rings. The van der Waals surface area contributed by atoms with Gasteiger partial charge in [-0.15, -0.1) is 12.4 Å². The lowest BCUT2D eigenvalue weighted by Crippen LogP contribution is -2.46. The van der Waals surface area contributed by atoms with Crippen LogP contribution in [0.4, 0.5) is 0 Å². The summed E-state index contributed by atoms with van der Waals surface area (Å²) in [6.45, 7) is 7.45. The number of carboxylic acid groups (broad SMARTS) is 1. The Morgan fingerprint density at radius 3 is 2.41 bits per heavy atom. The van der Waals surface area contributed by atoms with Crippen LogP contribution in [0.2, 0.25) is 0 Å². The van der Waals surface area contributed by atoms with E-state index < -0.39 is 5.97 Å². The Balaban J connectivity index is 0.00000300. The molecule has 0 saturated carbocycles. The van der Waals surface area contributed by atoms with E-state index in [1.807, 2.05) is 30.0 Å². The first kappa shape index (κ1) is 23.6. The molecule has 2 fully saturated rings. The number of amides is 1. The number of carboxylic acids is 1. The Morgan fingerprint density at radius 1 is 1.10 bits per heavy atom. The fraction of sp³-hybridized carbons (Fsp3) is 0.636. The molecule has 1 amide bonds. The molecule has 0 spiro atoms. The minimum absolute atomic E-state index is 0. The van der Waals surface area contributed by atoms with Crippen LogP contribution in [0.15, 0.2) is 24.3 Å². The lowest BCUT2D eigenvalue weighted by Gasteiger charge is -2.37. The first-order valence-electron chi connectivity index (χ1n) is 10.6. The van der Waals surface area contributed by atoms with Crippen LogP contribution in [0.1, 0.15) is 54.9 Å². The van der Waals surface area contributed by atoms with Crippen LogP contribution >= 0.6 is 12.4 Å². The Bertz CT molecular complexity index is 671. The van der Waals surface area contributed by atoms with Gasteiger partial charge in [0.2, 0.25) is 0 Å². The van der Waals surface area contributed by atoms with E-state index in [1.54, 1.807) is 0 Å². The maximum absolute atomic E-state index is 12.7. The van der Waals surface area contributed by atoms with Crippen LogP contribution in [-0.4, -0.2) is 77.0 Å². The van der Waals surface area contributed by atoms with Crippen molar-refractivity contribution in [3.8, 4) is 0 Å². The summed E-state index contributed by atoms with van der Waals surface area (Å²) in [6.07, 6.45) is 5.43. The van der Waals surface area contributed by atoms with Crippen LogP contribution in [0, 0.1) is 0 Å². The van der Waals surface area contributed by atoms with E-state index >= 15 is 0 Å². The Labute approximate surface area is 180 Å². The number of halogens is 1. The molecule has 0 aliphatic carbocycles. The number of carbonyl (C=O) groups excluding carboxylic acids is 1. The molecule has 0 bridgehead atoms. The number of likely N-dealkylation sites (tertiary alicyclic amines) is 2. The monoisotopic (exact) mass is 423 g/mol. The van der Waals surface area contributed by atoms with Gasteiger partial charge in [-0.1, -0.05) is 19.1 Å². The minimum Gasteiger partial charge on any atom is -0.480 e. The standard InChI is InChI=1S/C22H33N3O3.ClH/c1-2-24(17-21(26)27)20-9-13-23(14-10-20)16-18-7-6-8-19(15-18)22(28)25-11-4-3-5-12-25;/h6-8,15,20H,2-5,9-14,16-17H2,1H3,(H,26,27);1H. The predicted octanol–water partition coefficient (Wildman–Crippen LogP) is 3.11. The molecule has 2 heterocycles. The highest BCUT2D eigenvalue weighted by atomic mass is 35.5. The summed E-state index contributed by atoms with van der Waals surface area (Å²) >= 11 is 0. The third-order valence-corrected chi connectivity index (χ3v) is 6.04. The molecule has 2 saturated heterocycles. The van der Waals surface area contributed by atoms with Gasteiger partial charge in [0.25, 0.3) is 5.91 Å². The maximum Gasteiger partial charge on any atom is 0.317 e. The van der Waals surface area contributed by atoms with Gasteiger partial charge in [-0.3, -0.25) is 19.4 Å². The molecule has 0 unspecified atom stereocenters. The highest BCUT2D eigenvalue weighted by Crippen LogP contribution is 2.20. The van der Waals surface area contributed by atoms with Gasteiger partial charge in [-0.2, -0.15) is 0 Å². The lowest BCUT2D eigenvalue weighted by atomic mass is 10.0. The van der Waals surface area contributed by atoms with Crippen LogP contribution in [0.25, 0.3) is 0 Å². The van der Waals surface area contributed by atoms with Crippen LogP contribution in [0.3, 0.4) is 0 Å². The summed E-state index contributed by atoms with van der Waals surface area (Å²) < 4.78 is 0. The van der Waals surface area contributed by atoms with Gasteiger partial charge in [-0.05, 0) is 69.4 Å². The highest BCUT2D eigenvalue weighted by molar-refractivity contribution is 5.94. The van der Waals surface area contributed by atoms with Gasteiger partial charge in [0.1, 0.15) is 0 Å². The Kier molecular flexibility index (Phi) is 9.40. The number of benzene rings is 1. The van der Waals surface area contributed by atoms with Crippen molar-refractivity contribution in [2.75, 3.05) is 39.3 Å². The summed E-state index contributed by atoms with van der Waals surface area (Å²) in [7, 11) is 0. The summed E-state index contributed by atoms with van der Waals surface area (Å²) in [6, 6.07) is 8.42. The molecule has 1 aromatic rings. The smallest absolute Gasteiger partial charge is 0.317 e. The molecule has 7 heteroatoms. The summed E-state index contributed by atoms with van der Waals surface area (Å²) in [5, 5.41) is 9.07. The molecule has 1 aromatic carbocycles. The molecule has 2 aliphatic heterocycles. The number of aliphatic carboxylic acids is 1. The fourth-order valence-corrected chi connectivity index (χ4v) is 4.46. The first-order chi connectivity index (χ1) is 13.6. The van der Waals surface area contributed by atoms with Gasteiger partial charge in [-0.25, -0.2) is 0 Å². The van der Waals surface area contributed by atoms with Crippen LogP contribution in [-0.2, 0) is 11.3 Å². The summed E-state index contributed by atoms with van der Waals surface area (Å²) in [5.41, 5.74) is 1.98. The van der Waals surface area contributed by atoms with E-state index in [0.717, 1.165) is 70.5 Å². The third kappa shape index (κ3) is 6.69. The number of hydrogen-bond acceptors (Lipinski definition) is 4. The van der Waals surface area contributed by atoms with Crippen molar-refractivity contribution in [1.29, 1.82) is 0 Å². The minimum atomic E-state index is -0.750. The van der Waals surface area contributed by atoms with Gasteiger partial charge >= 0.3 is 5.97 Å². The van der Waals surface area contributed by atoms with Crippen molar-refractivity contribution < 1.29 is 14.7 Å². The van der Waals surface area contributed by atoms with E-state index in [-0.39, 0.29) is 24.9 Å². The summed E-state index contributed by atoms with van der Waals surface area (Å²) in [5.74, 6) is -0.591. The number of piperidine rings is 2. The molecule has 162 valence electrons. The number of likely N-dealkylation sites (N-methyl/N-ethyl adjacent to an activating group) is 1. The average Bonchev–Trinajstić information content (AvgIpc) is 2.73. The molecule has 29 heavy (non-hydrogen) atoms. The highest BCUT2D eigenvalue weighted by Gasteiger charge is 2.25. The van der Waals surface area contributed by atoms with E-state index in [0.29, 0.717) is 6.04 Å². The van der Waals surface area contributed by atoms with Crippen molar-refractivity contribution in [1.82, 2.24) is 14.7 Å². The van der Waals surface area contributed by atoms with E-state index in [2.05, 4.69) is 15.9 Å². The van der Waals surface area contributed by atoms with Crippen molar-refractivity contribution in [3.63, 3.8) is 0 Å². The predicted molar refractivity (Wildman–Crippen MR) is 117 cm³/mol. The number of carbonyl (C=O) groups is 2. The molecular formula is C22H34ClN3O3. The van der Waals surface area contributed by atoms with Gasteiger partial charge in [0.15, 0.2) is 0 Å². The van der Waals surface area contributed by atoms with E-state index in [4.69, 9.17) is 5.11 Å².